The maximum Gasteiger partial charge on any atom is 0.387 e. The zero-order chi connectivity index (χ0) is 24.5. The minimum absolute atomic E-state index is 0.0186. The Kier molecular flexibility index (Phi) is 8.56. The third-order valence-corrected chi connectivity index (χ3v) is 5.08. The second-order valence-electron chi connectivity index (χ2n) is 7.64. The Labute approximate surface area is 196 Å². The van der Waals surface area contributed by atoms with Gasteiger partial charge in [-0.3, -0.25) is 9.59 Å². The van der Waals surface area contributed by atoms with Crippen molar-refractivity contribution in [3.63, 3.8) is 0 Å². The highest BCUT2D eigenvalue weighted by Crippen LogP contribution is 2.28. The molecule has 0 aliphatic carbocycles. The number of amides is 2. The fourth-order valence-corrected chi connectivity index (χ4v) is 3.55. The Morgan fingerprint density at radius 2 is 1.68 bits per heavy atom. The van der Waals surface area contributed by atoms with E-state index in [1.54, 1.807) is 37.4 Å². The number of benzene rings is 3. The van der Waals surface area contributed by atoms with Crippen LogP contribution in [0, 0.1) is 0 Å². The van der Waals surface area contributed by atoms with Gasteiger partial charge in [0.25, 0.3) is 0 Å². The van der Waals surface area contributed by atoms with Crippen LogP contribution in [0.25, 0.3) is 0 Å². The summed E-state index contributed by atoms with van der Waals surface area (Å²) in [6.07, 6.45) is 0.335. The summed E-state index contributed by atoms with van der Waals surface area (Å²) in [6, 6.07) is 20.4. The maximum absolute atomic E-state index is 12.9. The van der Waals surface area contributed by atoms with Crippen molar-refractivity contribution in [2.75, 3.05) is 12.4 Å². The smallest absolute Gasteiger partial charge is 0.387 e. The molecule has 0 saturated heterocycles. The van der Waals surface area contributed by atoms with Gasteiger partial charge < -0.3 is 20.1 Å². The van der Waals surface area contributed by atoms with Gasteiger partial charge in [-0.15, -0.1) is 0 Å². The molecule has 0 saturated carbocycles. The van der Waals surface area contributed by atoms with Gasteiger partial charge in [0.15, 0.2) is 0 Å². The fourth-order valence-electron chi connectivity index (χ4n) is 3.55. The molecule has 0 bridgehead atoms. The highest BCUT2D eigenvalue weighted by molar-refractivity contribution is 5.91. The van der Waals surface area contributed by atoms with Crippen LogP contribution in [0.4, 0.5) is 14.5 Å². The lowest BCUT2D eigenvalue weighted by Gasteiger charge is -2.19. The number of ether oxygens (including phenoxy) is 2. The van der Waals surface area contributed by atoms with E-state index in [1.807, 2.05) is 30.3 Å². The van der Waals surface area contributed by atoms with Crippen molar-refractivity contribution >= 4 is 17.5 Å². The third-order valence-electron chi connectivity index (χ3n) is 5.08. The van der Waals surface area contributed by atoms with Crippen LogP contribution < -0.4 is 20.1 Å². The Balaban J connectivity index is 1.77. The maximum atomic E-state index is 12.9. The first-order valence-corrected chi connectivity index (χ1v) is 10.7. The third kappa shape index (κ3) is 7.30. The van der Waals surface area contributed by atoms with Crippen LogP contribution >= 0.6 is 0 Å². The molecule has 0 heterocycles. The fraction of sp³-hybridized carbons (Fsp3) is 0.231. The molecule has 8 heteroatoms. The summed E-state index contributed by atoms with van der Waals surface area (Å²) in [5, 5.41) is 5.57. The van der Waals surface area contributed by atoms with Crippen LogP contribution in [0.5, 0.6) is 11.5 Å². The molecule has 3 aromatic rings. The largest absolute Gasteiger partial charge is 0.497 e. The van der Waals surface area contributed by atoms with Crippen LogP contribution in [-0.2, 0) is 16.0 Å². The number of rotatable bonds is 10. The van der Waals surface area contributed by atoms with Gasteiger partial charge in [-0.05, 0) is 41.5 Å². The van der Waals surface area contributed by atoms with Crippen LogP contribution in [0.15, 0.2) is 72.8 Å². The zero-order valence-corrected chi connectivity index (χ0v) is 18.9. The molecule has 0 aliphatic rings. The molecule has 34 heavy (non-hydrogen) atoms. The number of hydrogen-bond acceptors (Lipinski definition) is 4. The molecule has 1 unspecified atom stereocenters. The number of alkyl halides is 2. The summed E-state index contributed by atoms with van der Waals surface area (Å²) in [5.74, 6) is 0.0908. The number of anilines is 1. The van der Waals surface area contributed by atoms with E-state index in [2.05, 4.69) is 15.4 Å². The number of hydrogen-bond donors (Lipinski definition) is 2. The van der Waals surface area contributed by atoms with Gasteiger partial charge in [-0.2, -0.15) is 8.78 Å². The van der Waals surface area contributed by atoms with Gasteiger partial charge in [0.1, 0.15) is 11.5 Å². The van der Waals surface area contributed by atoms with E-state index < -0.39 is 12.7 Å². The molecule has 0 spiro atoms. The number of methoxy groups -OCH3 is 1. The highest BCUT2D eigenvalue weighted by atomic mass is 19.3. The van der Waals surface area contributed by atoms with E-state index in [0.717, 1.165) is 11.1 Å². The van der Waals surface area contributed by atoms with Crippen molar-refractivity contribution in [2.45, 2.75) is 32.4 Å². The average Bonchev–Trinajstić information content (AvgIpc) is 2.80. The number of halogens is 2. The SMILES string of the molecule is COc1ccc(C(CC(=O)Nc2ccc(OC(F)F)c(Cc3ccccc3)c2)NC(C)=O)cc1. The standard InChI is InChI=1S/C26H26F2N2O4/c1-17(31)29-23(19-8-11-22(33-2)12-9-19)16-25(32)30-21-10-13-24(34-26(27)28)20(15-21)14-18-6-4-3-5-7-18/h3-13,15,23,26H,14,16H2,1-2H3,(H,29,31)(H,30,32). The molecule has 0 aliphatic heterocycles. The topological polar surface area (TPSA) is 76.7 Å². The van der Waals surface area contributed by atoms with Crippen LogP contribution in [0.3, 0.4) is 0 Å². The molecule has 0 radical (unpaired) electrons. The molecule has 3 aromatic carbocycles. The van der Waals surface area contributed by atoms with E-state index in [9.17, 15) is 18.4 Å². The zero-order valence-electron chi connectivity index (χ0n) is 18.9. The Hall–Kier alpha value is -3.94. The molecule has 178 valence electrons. The lowest BCUT2D eigenvalue weighted by molar-refractivity contribution is -0.120. The van der Waals surface area contributed by atoms with E-state index in [0.29, 0.717) is 23.4 Å². The van der Waals surface area contributed by atoms with Gasteiger partial charge in [0.2, 0.25) is 11.8 Å². The van der Waals surface area contributed by atoms with Gasteiger partial charge in [-0.25, -0.2) is 0 Å². The second-order valence-corrected chi connectivity index (χ2v) is 7.64. The number of nitrogens with one attached hydrogen (secondary N) is 2. The minimum atomic E-state index is -2.96. The summed E-state index contributed by atoms with van der Waals surface area (Å²) in [7, 11) is 1.55. The van der Waals surface area contributed by atoms with Gasteiger partial charge in [-0.1, -0.05) is 42.5 Å². The molecule has 6 nitrogen and oxygen atoms in total. The van der Waals surface area contributed by atoms with Crippen molar-refractivity contribution in [1.82, 2.24) is 5.32 Å². The first-order valence-electron chi connectivity index (χ1n) is 10.7. The van der Waals surface area contributed by atoms with Crippen LogP contribution in [0.2, 0.25) is 0 Å². The molecule has 2 amide bonds. The summed E-state index contributed by atoms with van der Waals surface area (Å²) in [5.41, 5.74) is 2.61. The van der Waals surface area contributed by atoms with Gasteiger partial charge >= 0.3 is 6.61 Å². The quantitative estimate of drug-likeness (QED) is 0.434. The van der Waals surface area contributed by atoms with Crippen molar-refractivity contribution in [1.29, 1.82) is 0 Å². The predicted octanol–water partition coefficient (Wildman–Crippen LogP) is 5.09. The second kappa shape index (κ2) is 11.8. The van der Waals surface area contributed by atoms with E-state index >= 15 is 0 Å². The predicted molar refractivity (Wildman–Crippen MR) is 125 cm³/mol. The van der Waals surface area contributed by atoms with Crippen LogP contribution in [-0.4, -0.2) is 25.5 Å². The van der Waals surface area contributed by atoms with E-state index in [4.69, 9.17) is 4.74 Å². The highest BCUT2D eigenvalue weighted by Gasteiger charge is 2.18. The van der Waals surface area contributed by atoms with Crippen molar-refractivity contribution in [3.05, 3.63) is 89.5 Å². The number of carbonyl (C=O) groups excluding carboxylic acids is 2. The lowest BCUT2D eigenvalue weighted by Crippen LogP contribution is -2.29. The van der Waals surface area contributed by atoms with Gasteiger partial charge in [0, 0.05) is 24.6 Å². The molecular weight excluding hydrogens is 442 g/mol. The molecule has 0 fully saturated rings. The Morgan fingerprint density at radius 1 is 0.971 bits per heavy atom. The average molecular weight is 469 g/mol. The summed E-state index contributed by atoms with van der Waals surface area (Å²) < 4.78 is 35.6. The van der Waals surface area contributed by atoms with Gasteiger partial charge in [0.05, 0.1) is 19.6 Å². The first kappa shape index (κ1) is 24.7. The van der Waals surface area contributed by atoms with Crippen molar-refractivity contribution < 1.29 is 27.8 Å². The molecule has 0 aromatic heterocycles. The van der Waals surface area contributed by atoms with E-state index in [-0.39, 0.29) is 24.0 Å². The van der Waals surface area contributed by atoms with Crippen molar-refractivity contribution in [3.8, 4) is 11.5 Å². The molecule has 1 atom stereocenters. The summed E-state index contributed by atoms with van der Waals surface area (Å²) >= 11 is 0. The summed E-state index contributed by atoms with van der Waals surface area (Å²) in [6.45, 7) is -1.58. The lowest BCUT2D eigenvalue weighted by atomic mass is 10.0. The van der Waals surface area contributed by atoms with Crippen LogP contribution in [0.1, 0.15) is 36.1 Å². The molecule has 3 rings (SSSR count). The van der Waals surface area contributed by atoms with Crippen molar-refractivity contribution in [2.24, 2.45) is 0 Å². The van der Waals surface area contributed by atoms with E-state index in [1.165, 1.54) is 19.1 Å². The monoisotopic (exact) mass is 468 g/mol. The number of carbonyl (C=O) groups is 2. The molecular formula is C26H26F2N2O4. The minimum Gasteiger partial charge on any atom is -0.497 e. The summed E-state index contributed by atoms with van der Waals surface area (Å²) in [4.78, 5) is 24.5. The Morgan fingerprint density at radius 3 is 2.29 bits per heavy atom. The normalized spacial score (nSPS) is 11.6. The molecule has 2 N–H and O–H groups in total. The Bertz CT molecular complexity index is 1110. The first-order chi connectivity index (χ1) is 16.3.